The molecule has 518 valence electrons. The van der Waals surface area contributed by atoms with Crippen molar-refractivity contribution in [2.75, 3.05) is 181 Å². The van der Waals surface area contributed by atoms with E-state index in [0.29, 0.717) is 78.5 Å². The van der Waals surface area contributed by atoms with Gasteiger partial charge in [-0.3, -0.25) is 77.6 Å². The molecule has 3 rings (SSSR count). The Kier molecular flexibility index (Phi) is 30.4. The minimum absolute atomic E-state index is 0.0336. The Hall–Kier alpha value is -5.87. The summed E-state index contributed by atoms with van der Waals surface area (Å²) in [6.45, 7) is 36.5. The van der Waals surface area contributed by atoms with Gasteiger partial charge in [-0.1, -0.05) is 0 Å². The van der Waals surface area contributed by atoms with Crippen LogP contribution < -0.4 is 9.80 Å². The lowest BCUT2D eigenvalue weighted by atomic mass is 10.1. The molecule has 0 radical (unpaired) electrons. The number of amides is 2. The molecular weight excluding hydrogens is 1180 g/mol. The molecule has 0 atom stereocenters. The fourth-order valence-corrected chi connectivity index (χ4v) is 9.75. The molecular formula is C65H112N10O16. The lowest BCUT2D eigenvalue weighted by Crippen LogP contribution is -2.50. The number of benzene rings is 1. The molecule has 26 heteroatoms. The highest BCUT2D eigenvalue weighted by atomic mass is 16.6. The molecule has 0 aromatic heterocycles. The number of nitrogens with zero attached hydrogens (tertiary/aromatic N) is 10. The molecule has 2 fully saturated rings. The summed E-state index contributed by atoms with van der Waals surface area (Å²) in [6, 6.07) is 4.28. The van der Waals surface area contributed by atoms with Crippen molar-refractivity contribution in [3.8, 4) is 0 Å². The van der Waals surface area contributed by atoms with Crippen LogP contribution in [0.4, 0.5) is 11.4 Å². The molecule has 0 aliphatic carbocycles. The van der Waals surface area contributed by atoms with Crippen molar-refractivity contribution in [3.63, 3.8) is 0 Å². The monoisotopic (exact) mass is 1290 g/mol. The Labute approximate surface area is 541 Å². The van der Waals surface area contributed by atoms with Crippen molar-refractivity contribution in [1.29, 1.82) is 0 Å². The third-order valence-electron chi connectivity index (χ3n) is 13.9. The maximum Gasteiger partial charge on any atom is 0.335 e. The van der Waals surface area contributed by atoms with Crippen LogP contribution in [0.15, 0.2) is 18.2 Å². The summed E-state index contributed by atoms with van der Waals surface area (Å²) in [5.74, 6) is -4.78. The number of carbonyl (C=O) groups excluding carboxylic acids is 8. The lowest BCUT2D eigenvalue weighted by molar-refractivity contribution is -0.158. The number of rotatable bonds is 19. The van der Waals surface area contributed by atoms with Gasteiger partial charge >= 0.3 is 41.8 Å². The van der Waals surface area contributed by atoms with Gasteiger partial charge in [-0.2, -0.15) is 0 Å². The third-order valence-corrected chi connectivity index (χ3v) is 13.9. The number of ether oxygens (including phenoxy) is 6. The van der Waals surface area contributed by atoms with E-state index in [1.54, 1.807) is 131 Å². The lowest BCUT2D eigenvalue weighted by Gasteiger charge is -2.35. The second-order valence-electron chi connectivity index (χ2n) is 29.7. The van der Waals surface area contributed by atoms with Crippen LogP contribution in [0.25, 0.3) is 0 Å². The molecule has 0 saturated carbocycles. The summed E-state index contributed by atoms with van der Waals surface area (Å²) in [4.78, 5) is 140. The van der Waals surface area contributed by atoms with Crippen molar-refractivity contribution >= 4 is 65.0 Å². The Balaban J connectivity index is 2.01. The summed E-state index contributed by atoms with van der Waals surface area (Å²) >= 11 is 0. The summed E-state index contributed by atoms with van der Waals surface area (Å²) in [5, 5.41) is 10.5. The van der Waals surface area contributed by atoms with Gasteiger partial charge in [0.2, 0.25) is 11.8 Å². The average Bonchev–Trinajstić information content (AvgIpc) is 0.874. The van der Waals surface area contributed by atoms with Gasteiger partial charge in [0.15, 0.2) is 0 Å². The van der Waals surface area contributed by atoms with Gasteiger partial charge in [0.25, 0.3) is 0 Å². The number of anilines is 2. The highest BCUT2D eigenvalue weighted by molar-refractivity contribution is 6.00. The van der Waals surface area contributed by atoms with Gasteiger partial charge in [-0.15, -0.1) is 0 Å². The molecule has 2 amide bonds. The van der Waals surface area contributed by atoms with Crippen LogP contribution in [0.1, 0.15) is 135 Å². The summed E-state index contributed by atoms with van der Waals surface area (Å²) < 4.78 is 34.2. The molecule has 1 aromatic carbocycles. The molecule has 2 saturated heterocycles. The number of carboxylic acids is 1. The maximum atomic E-state index is 14.7. The Bertz CT molecular complexity index is 2340. The quantitative estimate of drug-likeness (QED) is 0.153. The highest BCUT2D eigenvalue weighted by Gasteiger charge is 2.31. The van der Waals surface area contributed by atoms with Crippen molar-refractivity contribution < 1.29 is 76.7 Å². The second kappa shape index (κ2) is 34.9. The van der Waals surface area contributed by atoms with Crippen LogP contribution in [0.2, 0.25) is 0 Å². The Morgan fingerprint density at radius 1 is 0.308 bits per heavy atom. The first-order valence-electron chi connectivity index (χ1n) is 31.7. The van der Waals surface area contributed by atoms with Crippen molar-refractivity contribution in [2.24, 2.45) is 0 Å². The normalized spacial score (nSPS) is 17.6. The van der Waals surface area contributed by atoms with E-state index >= 15 is 0 Å². The Morgan fingerprint density at radius 2 is 0.462 bits per heavy atom. The topological polar surface area (TPSA) is 262 Å². The van der Waals surface area contributed by atoms with E-state index in [-0.39, 0.29) is 95.5 Å². The standard InChI is InChI=1S/C65H112N10O16/c1-60(2,3)86-53(78)42-70-25-21-68(22-26-71(43-54(79)87-61(4,5)6)30-34-74(33-29-70)46-57(82)90-64(13,14)15)40-51(76)66(19)49-37-48(59(84)85)38-50(39-49)67(20)52(77)41-69-23-27-72(44-55(80)88-62(7,8)9)31-35-75(47-58(83)91-65(16,17)18)36-32-73(28-24-69)45-56(81)89-63(10,11)12/h37-39H,21-36,40-47H2,1-20H3,(H,84,85). The minimum atomic E-state index is -1.30. The number of hydrogen-bond donors (Lipinski definition) is 1. The minimum Gasteiger partial charge on any atom is -0.478 e. The number of carboxylic acid groups (broad SMARTS) is 1. The first kappa shape index (κ1) is 79.4. The van der Waals surface area contributed by atoms with Gasteiger partial charge in [-0.25, -0.2) is 4.79 Å². The van der Waals surface area contributed by atoms with Crippen LogP contribution >= 0.6 is 0 Å². The van der Waals surface area contributed by atoms with Gasteiger partial charge in [0.05, 0.1) is 57.9 Å². The fourth-order valence-electron chi connectivity index (χ4n) is 9.75. The van der Waals surface area contributed by atoms with Crippen molar-refractivity contribution in [1.82, 2.24) is 39.2 Å². The molecule has 2 aliphatic rings. The SMILES string of the molecule is CN(C(=O)CN1CCN(CC(=O)OC(C)(C)C)CCN(CC(=O)OC(C)(C)C)CCN(CC(=O)OC(C)(C)C)CC1)c1cc(C(=O)O)cc(N(C)C(=O)CN2CCN(CC(=O)OC(C)(C)C)CCN(CC(=O)OC(C)(C)C)CCN(CC(=O)OC(C)(C)C)CC2)c1. The van der Waals surface area contributed by atoms with E-state index in [9.17, 15) is 48.3 Å². The van der Waals surface area contributed by atoms with E-state index in [4.69, 9.17) is 28.4 Å². The second-order valence-corrected chi connectivity index (χ2v) is 29.7. The summed E-state index contributed by atoms with van der Waals surface area (Å²) in [7, 11) is 3.04. The fraction of sp³-hybridized carbons (Fsp3) is 0.769. The Morgan fingerprint density at radius 3 is 0.604 bits per heavy atom. The zero-order valence-electron chi connectivity index (χ0n) is 58.7. The molecule has 0 unspecified atom stereocenters. The predicted octanol–water partition coefficient (Wildman–Crippen LogP) is 3.80. The molecule has 26 nitrogen and oxygen atoms in total. The number of esters is 6. The van der Waals surface area contributed by atoms with E-state index in [2.05, 4.69) is 0 Å². The highest BCUT2D eigenvalue weighted by Crippen LogP contribution is 2.26. The smallest absolute Gasteiger partial charge is 0.335 e. The number of hydrogen-bond acceptors (Lipinski definition) is 23. The van der Waals surface area contributed by atoms with E-state index in [1.807, 2.05) is 39.2 Å². The van der Waals surface area contributed by atoms with Gasteiger partial charge in [-0.05, 0) is 143 Å². The van der Waals surface area contributed by atoms with E-state index in [1.165, 1.54) is 36.0 Å². The zero-order valence-corrected chi connectivity index (χ0v) is 58.7. The van der Waals surface area contributed by atoms with E-state index < -0.39 is 87.2 Å². The first-order chi connectivity index (χ1) is 41.7. The average molecular weight is 1290 g/mol. The van der Waals surface area contributed by atoms with E-state index in [0.717, 1.165) is 0 Å². The summed E-state index contributed by atoms with van der Waals surface area (Å²) in [6.07, 6.45) is 0. The van der Waals surface area contributed by atoms with Gasteiger partial charge in [0.1, 0.15) is 33.6 Å². The molecule has 2 aliphatic heterocycles. The largest absolute Gasteiger partial charge is 0.478 e. The van der Waals surface area contributed by atoms with Crippen LogP contribution in [0, 0.1) is 0 Å². The number of likely N-dealkylation sites (N-methyl/N-ethyl adjacent to an activating group) is 2. The molecule has 2 heterocycles. The molecule has 91 heavy (non-hydrogen) atoms. The third kappa shape index (κ3) is 34.6. The first-order valence-corrected chi connectivity index (χ1v) is 31.7. The van der Waals surface area contributed by atoms with Crippen molar-refractivity contribution in [2.45, 2.75) is 158 Å². The van der Waals surface area contributed by atoms with Crippen molar-refractivity contribution in [3.05, 3.63) is 23.8 Å². The van der Waals surface area contributed by atoms with Crippen LogP contribution in [-0.4, -0.2) is 303 Å². The number of carbonyl (C=O) groups is 9. The molecule has 0 spiro atoms. The molecule has 1 aromatic rings. The predicted molar refractivity (Wildman–Crippen MR) is 347 cm³/mol. The van der Waals surface area contributed by atoms with Gasteiger partial charge < -0.3 is 43.3 Å². The maximum absolute atomic E-state index is 14.7. The zero-order chi connectivity index (χ0) is 69.0. The van der Waals surface area contributed by atoms with Crippen LogP contribution in [0.3, 0.4) is 0 Å². The summed E-state index contributed by atoms with van der Waals surface area (Å²) in [5.41, 5.74) is -4.24. The number of aromatic carboxylic acids is 1. The van der Waals surface area contributed by atoms with Gasteiger partial charge in [0, 0.05) is 130 Å². The van der Waals surface area contributed by atoms with Crippen LogP contribution in [0.5, 0.6) is 0 Å². The van der Waals surface area contributed by atoms with Crippen LogP contribution in [-0.2, 0) is 66.8 Å². The molecule has 1 N–H and O–H groups in total. The molecule has 0 bridgehead atoms.